The summed E-state index contributed by atoms with van der Waals surface area (Å²) in [5.74, 6) is -0.655. The zero-order valence-electron chi connectivity index (χ0n) is 22.3. The van der Waals surface area contributed by atoms with E-state index in [0.717, 1.165) is 19.3 Å². The van der Waals surface area contributed by atoms with Crippen LogP contribution in [0.4, 0.5) is 0 Å². The highest BCUT2D eigenvalue weighted by atomic mass is 35.5. The topological polar surface area (TPSA) is 106 Å². The third-order valence-corrected chi connectivity index (χ3v) is 6.17. The molecule has 2 aromatic carbocycles. The van der Waals surface area contributed by atoms with Gasteiger partial charge in [0.05, 0.1) is 30.5 Å². The van der Waals surface area contributed by atoms with Gasteiger partial charge in [0.25, 0.3) is 5.91 Å². The molecule has 0 bridgehead atoms. The minimum atomic E-state index is -0.609. The van der Waals surface area contributed by atoms with Gasteiger partial charge < -0.3 is 14.8 Å². The van der Waals surface area contributed by atoms with Gasteiger partial charge >= 0.3 is 5.97 Å². The van der Waals surface area contributed by atoms with Crippen LogP contribution in [-0.4, -0.2) is 37.7 Å². The van der Waals surface area contributed by atoms with E-state index in [9.17, 15) is 14.4 Å². The quantitative estimate of drug-likeness (QED) is 0.0829. The van der Waals surface area contributed by atoms with E-state index in [0.29, 0.717) is 17.7 Å². The van der Waals surface area contributed by atoms with Crippen LogP contribution >= 0.6 is 11.6 Å². The van der Waals surface area contributed by atoms with Crippen LogP contribution in [0.1, 0.15) is 87.1 Å². The molecule has 0 saturated carbocycles. The number of amides is 2. The molecule has 0 spiro atoms. The Balaban J connectivity index is 1.69. The van der Waals surface area contributed by atoms with Crippen molar-refractivity contribution in [1.29, 1.82) is 0 Å². The van der Waals surface area contributed by atoms with Gasteiger partial charge in [0.1, 0.15) is 0 Å². The van der Waals surface area contributed by atoms with Gasteiger partial charge in [0, 0.05) is 6.42 Å². The molecule has 0 radical (unpaired) electrons. The van der Waals surface area contributed by atoms with E-state index in [-0.39, 0.29) is 28.8 Å². The van der Waals surface area contributed by atoms with E-state index in [4.69, 9.17) is 21.1 Å². The first-order valence-corrected chi connectivity index (χ1v) is 13.6. The number of carbonyl (C=O) groups is 3. The summed E-state index contributed by atoms with van der Waals surface area (Å²) in [5.41, 5.74) is 3.22. The van der Waals surface area contributed by atoms with E-state index < -0.39 is 11.9 Å². The molecule has 0 aliphatic rings. The number of hydrazone groups is 1. The largest absolute Gasteiger partial charge is 0.493 e. The second kappa shape index (κ2) is 18.0. The third-order valence-electron chi connectivity index (χ3n) is 5.84. The number of nitrogens with one attached hydrogen (secondary N) is 2. The zero-order chi connectivity index (χ0) is 27.6. The lowest BCUT2D eigenvalue weighted by molar-refractivity contribution is -0.126. The Morgan fingerprint density at radius 2 is 1.58 bits per heavy atom. The van der Waals surface area contributed by atoms with E-state index in [1.807, 2.05) is 0 Å². The van der Waals surface area contributed by atoms with Crippen molar-refractivity contribution < 1.29 is 23.9 Å². The maximum atomic E-state index is 12.4. The van der Waals surface area contributed by atoms with Crippen LogP contribution in [0, 0.1) is 0 Å². The van der Waals surface area contributed by atoms with Crippen LogP contribution in [-0.2, 0) is 9.59 Å². The number of hydrogen-bond acceptors (Lipinski definition) is 6. The van der Waals surface area contributed by atoms with Crippen molar-refractivity contribution in [2.75, 3.05) is 13.7 Å². The van der Waals surface area contributed by atoms with Crippen molar-refractivity contribution in [3.63, 3.8) is 0 Å². The lowest BCUT2D eigenvalue weighted by Crippen LogP contribution is -2.34. The molecule has 206 valence electrons. The summed E-state index contributed by atoms with van der Waals surface area (Å²) >= 11 is 6.05. The first-order valence-electron chi connectivity index (χ1n) is 13.2. The molecule has 0 unspecified atom stereocenters. The predicted molar refractivity (Wildman–Crippen MR) is 150 cm³/mol. The van der Waals surface area contributed by atoms with Gasteiger partial charge in [-0.1, -0.05) is 82.0 Å². The fourth-order valence-electron chi connectivity index (χ4n) is 3.71. The molecule has 0 atom stereocenters. The molecule has 0 fully saturated rings. The number of ether oxygens (including phenoxy) is 2. The number of rotatable bonds is 17. The number of nitrogens with zero attached hydrogens (tertiary/aromatic N) is 1. The van der Waals surface area contributed by atoms with Crippen LogP contribution in [0.5, 0.6) is 11.5 Å². The molecule has 2 rings (SSSR count). The van der Waals surface area contributed by atoms with Crippen LogP contribution in [0.25, 0.3) is 0 Å². The number of unbranched alkanes of at least 4 members (excludes halogenated alkanes) is 8. The molecule has 2 amide bonds. The van der Waals surface area contributed by atoms with Crippen molar-refractivity contribution in [3.8, 4) is 11.5 Å². The van der Waals surface area contributed by atoms with Crippen molar-refractivity contribution in [3.05, 3.63) is 58.6 Å². The maximum absolute atomic E-state index is 12.4. The van der Waals surface area contributed by atoms with Crippen LogP contribution < -0.4 is 20.2 Å². The van der Waals surface area contributed by atoms with Crippen LogP contribution in [0.3, 0.4) is 0 Å². The van der Waals surface area contributed by atoms with Crippen molar-refractivity contribution in [2.24, 2.45) is 5.10 Å². The molecule has 0 aliphatic heterocycles. The monoisotopic (exact) mass is 543 g/mol. The number of halogens is 1. The first-order chi connectivity index (χ1) is 18.4. The average Bonchev–Trinajstić information content (AvgIpc) is 2.91. The van der Waals surface area contributed by atoms with E-state index in [1.54, 1.807) is 42.5 Å². The highest BCUT2D eigenvalue weighted by Gasteiger charge is 2.15. The summed E-state index contributed by atoms with van der Waals surface area (Å²) < 4.78 is 10.7. The maximum Gasteiger partial charge on any atom is 0.345 e. The van der Waals surface area contributed by atoms with Gasteiger partial charge in [-0.25, -0.2) is 10.2 Å². The average molecular weight is 544 g/mol. The molecule has 2 aromatic rings. The van der Waals surface area contributed by atoms with Crippen LogP contribution in [0.15, 0.2) is 47.6 Å². The molecule has 0 aromatic heterocycles. The van der Waals surface area contributed by atoms with Gasteiger partial charge in [-0.2, -0.15) is 5.10 Å². The second-order valence-electron chi connectivity index (χ2n) is 8.93. The lowest BCUT2D eigenvalue weighted by atomic mass is 10.1. The Morgan fingerprint density at radius 3 is 2.26 bits per heavy atom. The number of hydrogen-bond donors (Lipinski definition) is 2. The van der Waals surface area contributed by atoms with Gasteiger partial charge in [0.2, 0.25) is 5.91 Å². The third kappa shape index (κ3) is 11.8. The molecule has 0 heterocycles. The van der Waals surface area contributed by atoms with Crippen molar-refractivity contribution in [2.45, 2.75) is 71.1 Å². The van der Waals surface area contributed by atoms with E-state index in [1.165, 1.54) is 51.8 Å². The fourth-order valence-corrected chi connectivity index (χ4v) is 3.93. The molecular weight excluding hydrogens is 506 g/mol. The summed E-state index contributed by atoms with van der Waals surface area (Å²) in [5, 5.41) is 6.81. The number of esters is 1. The molecule has 0 aliphatic carbocycles. The van der Waals surface area contributed by atoms with E-state index >= 15 is 0 Å². The smallest absolute Gasteiger partial charge is 0.345 e. The van der Waals surface area contributed by atoms with Gasteiger partial charge in [-0.05, 0) is 42.3 Å². The molecule has 2 N–H and O–H groups in total. The Hall–Kier alpha value is -3.39. The SMILES string of the molecule is CCCCCCCCCCCC(=O)NCC(=O)N/N=C\c1ccc(OC(=O)c2ccccc2Cl)c(OC)c1. The first kappa shape index (κ1) is 30.8. The normalized spacial score (nSPS) is 10.8. The summed E-state index contributed by atoms with van der Waals surface area (Å²) in [6.07, 6.45) is 12.5. The molecule has 9 heteroatoms. The van der Waals surface area contributed by atoms with E-state index in [2.05, 4.69) is 22.8 Å². The summed E-state index contributed by atoms with van der Waals surface area (Å²) in [6.45, 7) is 2.07. The molecular formula is C29H38ClN3O5. The Kier molecular flexibility index (Phi) is 14.6. The second-order valence-corrected chi connectivity index (χ2v) is 9.34. The van der Waals surface area contributed by atoms with Crippen LogP contribution in [0.2, 0.25) is 5.02 Å². The lowest BCUT2D eigenvalue weighted by Gasteiger charge is -2.10. The molecule has 0 saturated heterocycles. The fraction of sp³-hybridized carbons (Fsp3) is 0.448. The highest BCUT2D eigenvalue weighted by Crippen LogP contribution is 2.29. The molecule has 38 heavy (non-hydrogen) atoms. The number of carbonyl (C=O) groups excluding carboxylic acids is 3. The standard InChI is InChI=1S/C29H38ClN3O5/c1-3-4-5-6-7-8-9-10-11-16-27(34)31-21-28(35)33-32-20-22-17-18-25(26(19-22)37-2)38-29(36)23-14-12-13-15-24(23)30/h12-15,17-20H,3-11,16,21H2,1-2H3,(H,31,34)(H,33,35)/b32-20-. The number of benzene rings is 2. The highest BCUT2D eigenvalue weighted by molar-refractivity contribution is 6.33. The summed E-state index contributed by atoms with van der Waals surface area (Å²) in [4.78, 5) is 36.4. The van der Waals surface area contributed by atoms with Crippen molar-refractivity contribution >= 4 is 35.6 Å². The Morgan fingerprint density at radius 1 is 0.895 bits per heavy atom. The summed E-state index contributed by atoms with van der Waals surface area (Å²) in [7, 11) is 1.45. The zero-order valence-corrected chi connectivity index (χ0v) is 23.0. The minimum absolute atomic E-state index is 0.140. The number of methoxy groups -OCH3 is 1. The summed E-state index contributed by atoms with van der Waals surface area (Å²) in [6, 6.07) is 11.4. The minimum Gasteiger partial charge on any atom is -0.493 e. The van der Waals surface area contributed by atoms with Gasteiger partial charge in [-0.3, -0.25) is 9.59 Å². The predicted octanol–water partition coefficient (Wildman–Crippen LogP) is 6.06. The van der Waals surface area contributed by atoms with Gasteiger partial charge in [-0.15, -0.1) is 0 Å². The Bertz CT molecular complexity index is 1070. The van der Waals surface area contributed by atoms with Crippen molar-refractivity contribution in [1.82, 2.24) is 10.7 Å². The Labute approximate surface area is 230 Å². The molecule has 8 nitrogen and oxygen atoms in total. The van der Waals surface area contributed by atoms with Gasteiger partial charge in [0.15, 0.2) is 11.5 Å².